The molecular formula is C16H13Cl2N3. The first-order chi connectivity index (χ1) is 10.1. The van der Waals surface area contributed by atoms with Gasteiger partial charge in [0.25, 0.3) is 0 Å². The lowest BCUT2D eigenvalue weighted by atomic mass is 10.1. The molecule has 0 aliphatic rings. The number of hydrogen-bond acceptors (Lipinski definition) is 2. The van der Waals surface area contributed by atoms with Crippen LogP contribution in [-0.4, -0.2) is 9.55 Å². The van der Waals surface area contributed by atoms with E-state index < -0.39 is 0 Å². The summed E-state index contributed by atoms with van der Waals surface area (Å²) >= 11 is 11.9. The van der Waals surface area contributed by atoms with E-state index in [2.05, 4.69) is 4.98 Å². The number of nitrogens with two attached hydrogens (primary N) is 1. The molecule has 0 fully saturated rings. The fraction of sp³-hybridized carbons (Fsp3) is 0.0625. The van der Waals surface area contributed by atoms with Crippen molar-refractivity contribution in [2.45, 2.75) is 6.92 Å². The maximum Gasteiger partial charge on any atom is 0.205 e. The number of anilines is 1. The van der Waals surface area contributed by atoms with Crippen molar-refractivity contribution >= 4 is 29.2 Å². The summed E-state index contributed by atoms with van der Waals surface area (Å²) in [5.41, 5.74) is 9.82. The monoisotopic (exact) mass is 317 g/mol. The third kappa shape index (κ3) is 2.62. The van der Waals surface area contributed by atoms with Gasteiger partial charge in [0.1, 0.15) is 0 Å². The summed E-state index contributed by atoms with van der Waals surface area (Å²) in [6, 6.07) is 15.1. The predicted molar refractivity (Wildman–Crippen MR) is 88.2 cm³/mol. The van der Waals surface area contributed by atoms with Gasteiger partial charge in [-0.3, -0.25) is 4.57 Å². The number of imidazole rings is 1. The Hall–Kier alpha value is -1.97. The number of hydrogen-bond donors (Lipinski definition) is 1. The smallest absolute Gasteiger partial charge is 0.205 e. The quantitative estimate of drug-likeness (QED) is 0.742. The molecule has 0 unspecified atom stereocenters. The maximum atomic E-state index is 6.07. The highest BCUT2D eigenvalue weighted by atomic mass is 35.5. The zero-order chi connectivity index (χ0) is 15.0. The van der Waals surface area contributed by atoms with Crippen molar-refractivity contribution in [3.05, 3.63) is 64.3 Å². The minimum atomic E-state index is 0.444. The number of rotatable bonds is 2. The van der Waals surface area contributed by atoms with Gasteiger partial charge in [0, 0.05) is 21.3 Å². The van der Waals surface area contributed by atoms with Crippen molar-refractivity contribution in [3.8, 4) is 16.9 Å². The Balaban J connectivity index is 2.21. The topological polar surface area (TPSA) is 43.8 Å². The lowest BCUT2D eigenvalue weighted by Crippen LogP contribution is -2.02. The van der Waals surface area contributed by atoms with Gasteiger partial charge < -0.3 is 5.73 Å². The van der Waals surface area contributed by atoms with Gasteiger partial charge in [-0.15, -0.1) is 0 Å². The minimum absolute atomic E-state index is 0.444. The molecule has 21 heavy (non-hydrogen) atoms. The highest BCUT2D eigenvalue weighted by Crippen LogP contribution is 2.30. The van der Waals surface area contributed by atoms with Crippen LogP contribution in [0.1, 0.15) is 5.69 Å². The Kier molecular flexibility index (Phi) is 3.62. The first-order valence-electron chi connectivity index (χ1n) is 6.43. The van der Waals surface area contributed by atoms with Crippen LogP contribution < -0.4 is 5.73 Å². The van der Waals surface area contributed by atoms with Gasteiger partial charge >= 0.3 is 0 Å². The summed E-state index contributed by atoms with van der Waals surface area (Å²) in [5, 5.41) is 1.38. The Labute approximate surface area is 132 Å². The zero-order valence-corrected chi connectivity index (χ0v) is 12.9. The summed E-state index contributed by atoms with van der Waals surface area (Å²) < 4.78 is 1.91. The highest BCUT2D eigenvalue weighted by Gasteiger charge is 2.15. The third-order valence-electron chi connectivity index (χ3n) is 3.28. The summed E-state index contributed by atoms with van der Waals surface area (Å²) in [7, 11) is 0. The van der Waals surface area contributed by atoms with Gasteiger partial charge in [0.05, 0.1) is 11.4 Å². The highest BCUT2D eigenvalue weighted by molar-refractivity contribution is 6.30. The van der Waals surface area contributed by atoms with Crippen LogP contribution in [0.3, 0.4) is 0 Å². The Morgan fingerprint density at radius 2 is 1.43 bits per heavy atom. The van der Waals surface area contributed by atoms with Crippen LogP contribution >= 0.6 is 23.2 Å². The van der Waals surface area contributed by atoms with Gasteiger partial charge in [-0.05, 0) is 43.3 Å². The van der Waals surface area contributed by atoms with Crippen LogP contribution in [0.25, 0.3) is 16.9 Å². The maximum absolute atomic E-state index is 6.07. The van der Waals surface area contributed by atoms with Crippen molar-refractivity contribution in [2.24, 2.45) is 0 Å². The lowest BCUT2D eigenvalue weighted by molar-refractivity contribution is 1.08. The van der Waals surface area contributed by atoms with Crippen LogP contribution in [0.15, 0.2) is 48.5 Å². The minimum Gasteiger partial charge on any atom is -0.369 e. The third-order valence-corrected chi connectivity index (χ3v) is 3.78. The fourth-order valence-corrected chi connectivity index (χ4v) is 2.60. The number of halogens is 2. The Bertz CT molecular complexity index is 709. The Morgan fingerprint density at radius 3 is 2.00 bits per heavy atom. The van der Waals surface area contributed by atoms with Gasteiger partial charge in [-0.1, -0.05) is 35.3 Å². The summed E-state index contributed by atoms with van der Waals surface area (Å²) in [4.78, 5) is 4.38. The molecule has 3 nitrogen and oxygen atoms in total. The second kappa shape index (κ2) is 5.43. The summed E-state index contributed by atoms with van der Waals surface area (Å²) in [6.45, 7) is 1.94. The van der Waals surface area contributed by atoms with E-state index in [0.29, 0.717) is 16.0 Å². The predicted octanol–water partition coefficient (Wildman–Crippen LogP) is 4.74. The van der Waals surface area contributed by atoms with Gasteiger partial charge in [0.15, 0.2) is 0 Å². The molecule has 2 N–H and O–H groups in total. The normalized spacial score (nSPS) is 10.8. The van der Waals surface area contributed by atoms with E-state index in [1.165, 1.54) is 0 Å². The molecule has 5 heteroatoms. The fourth-order valence-electron chi connectivity index (χ4n) is 2.35. The molecule has 3 aromatic rings. The van der Waals surface area contributed by atoms with Crippen molar-refractivity contribution in [2.75, 3.05) is 5.73 Å². The van der Waals surface area contributed by atoms with Crippen molar-refractivity contribution in [1.82, 2.24) is 9.55 Å². The molecule has 0 bridgehead atoms. The van der Waals surface area contributed by atoms with Crippen LogP contribution in [0.2, 0.25) is 10.0 Å². The molecular weight excluding hydrogens is 305 g/mol. The van der Waals surface area contributed by atoms with Crippen LogP contribution in [0, 0.1) is 6.92 Å². The molecule has 0 saturated carbocycles. The first-order valence-corrected chi connectivity index (χ1v) is 7.18. The van der Waals surface area contributed by atoms with E-state index in [1.807, 2.05) is 60.0 Å². The molecule has 0 spiro atoms. The molecule has 1 heterocycles. The van der Waals surface area contributed by atoms with Gasteiger partial charge in [0.2, 0.25) is 5.95 Å². The SMILES string of the molecule is Cc1nc(N)n(-c2ccc(Cl)cc2)c1-c1ccc(Cl)cc1. The van der Waals surface area contributed by atoms with Gasteiger partial charge in [-0.2, -0.15) is 0 Å². The molecule has 1 aromatic heterocycles. The second-order valence-electron chi connectivity index (χ2n) is 4.72. The molecule has 0 saturated heterocycles. The van der Waals surface area contributed by atoms with Gasteiger partial charge in [-0.25, -0.2) is 4.98 Å². The van der Waals surface area contributed by atoms with Crippen molar-refractivity contribution < 1.29 is 0 Å². The Morgan fingerprint density at radius 1 is 0.905 bits per heavy atom. The van der Waals surface area contributed by atoms with Crippen LogP contribution in [0.4, 0.5) is 5.95 Å². The molecule has 0 aliphatic heterocycles. The molecule has 0 atom stereocenters. The molecule has 2 aromatic carbocycles. The number of aryl methyl sites for hydroxylation is 1. The second-order valence-corrected chi connectivity index (χ2v) is 5.60. The van der Waals surface area contributed by atoms with E-state index in [-0.39, 0.29) is 0 Å². The lowest BCUT2D eigenvalue weighted by Gasteiger charge is -2.11. The molecule has 106 valence electrons. The molecule has 0 amide bonds. The number of nitrogens with zero attached hydrogens (tertiary/aromatic N) is 2. The standard InChI is InChI=1S/C16H13Cl2N3/c1-10-15(11-2-4-12(17)5-3-11)21(16(19)20-10)14-8-6-13(18)7-9-14/h2-9H,1H3,(H2,19,20). The van der Waals surface area contributed by atoms with E-state index in [4.69, 9.17) is 28.9 Å². The largest absolute Gasteiger partial charge is 0.369 e. The van der Waals surface area contributed by atoms with Crippen molar-refractivity contribution in [3.63, 3.8) is 0 Å². The van der Waals surface area contributed by atoms with E-state index in [1.54, 1.807) is 0 Å². The number of benzene rings is 2. The molecule has 3 rings (SSSR count). The number of aromatic nitrogens is 2. The number of nitrogen functional groups attached to an aromatic ring is 1. The first kappa shape index (κ1) is 14.0. The van der Waals surface area contributed by atoms with E-state index >= 15 is 0 Å². The summed E-state index contributed by atoms with van der Waals surface area (Å²) in [6.07, 6.45) is 0. The van der Waals surface area contributed by atoms with Crippen LogP contribution in [-0.2, 0) is 0 Å². The summed E-state index contributed by atoms with van der Waals surface area (Å²) in [5.74, 6) is 0.444. The average molecular weight is 318 g/mol. The van der Waals surface area contributed by atoms with E-state index in [0.717, 1.165) is 22.6 Å². The molecule has 0 radical (unpaired) electrons. The zero-order valence-electron chi connectivity index (χ0n) is 11.3. The van der Waals surface area contributed by atoms with Crippen LogP contribution in [0.5, 0.6) is 0 Å². The van der Waals surface area contributed by atoms with E-state index in [9.17, 15) is 0 Å². The molecule has 0 aliphatic carbocycles. The van der Waals surface area contributed by atoms with Crippen molar-refractivity contribution in [1.29, 1.82) is 0 Å². The average Bonchev–Trinajstić information content (AvgIpc) is 2.75.